The SMILES string of the molecule is CCCCN(C(=O)c1cc(NC(=O)c2cc(F)c(F)cc2Cl)n[nH]1)C1CCS(=O)CC1. The molecule has 11 heteroatoms. The van der Waals surface area contributed by atoms with Gasteiger partial charge in [0, 0.05) is 41.0 Å². The predicted octanol–water partition coefficient (Wildman–Crippen LogP) is 3.75. The zero-order valence-electron chi connectivity index (χ0n) is 16.9. The van der Waals surface area contributed by atoms with E-state index in [1.54, 1.807) is 4.90 Å². The minimum absolute atomic E-state index is 0.000844. The normalized spacial score (nSPS) is 18.6. The molecule has 0 radical (unpaired) electrons. The lowest BCUT2D eigenvalue weighted by atomic mass is 10.1. The van der Waals surface area contributed by atoms with Crippen molar-refractivity contribution in [2.24, 2.45) is 0 Å². The molecule has 7 nitrogen and oxygen atoms in total. The quantitative estimate of drug-likeness (QED) is 0.600. The van der Waals surface area contributed by atoms with E-state index in [0.29, 0.717) is 43.0 Å². The fourth-order valence-electron chi connectivity index (χ4n) is 3.40. The molecule has 0 spiro atoms. The number of benzene rings is 1. The summed E-state index contributed by atoms with van der Waals surface area (Å²) < 4.78 is 38.3. The van der Waals surface area contributed by atoms with Crippen LogP contribution in [0.5, 0.6) is 0 Å². The summed E-state index contributed by atoms with van der Waals surface area (Å²) in [7, 11) is -0.834. The van der Waals surface area contributed by atoms with Gasteiger partial charge in [-0.15, -0.1) is 0 Å². The van der Waals surface area contributed by atoms with Gasteiger partial charge in [-0.3, -0.25) is 18.9 Å². The second-order valence-corrected chi connectivity index (χ2v) is 9.40. The Hall–Kier alpha value is -2.33. The number of nitrogens with zero attached hydrogens (tertiary/aromatic N) is 2. The Kier molecular flexibility index (Phi) is 7.77. The number of rotatable bonds is 7. The molecule has 1 aliphatic rings. The molecular weight excluding hydrogens is 450 g/mol. The van der Waals surface area contributed by atoms with E-state index in [9.17, 15) is 22.6 Å². The van der Waals surface area contributed by atoms with Gasteiger partial charge in [-0.05, 0) is 31.4 Å². The average Bonchev–Trinajstić information content (AvgIpc) is 3.20. The van der Waals surface area contributed by atoms with E-state index in [2.05, 4.69) is 15.5 Å². The first-order valence-corrected chi connectivity index (χ1v) is 11.8. The van der Waals surface area contributed by atoms with E-state index in [-0.39, 0.29) is 34.0 Å². The van der Waals surface area contributed by atoms with Crippen molar-refractivity contribution < 1.29 is 22.6 Å². The first-order chi connectivity index (χ1) is 14.8. The van der Waals surface area contributed by atoms with Gasteiger partial charge in [-0.25, -0.2) is 8.78 Å². The summed E-state index contributed by atoms with van der Waals surface area (Å²) in [6, 6.07) is 2.80. The Labute approximate surface area is 186 Å². The van der Waals surface area contributed by atoms with Gasteiger partial charge in [0.25, 0.3) is 11.8 Å². The number of carbonyl (C=O) groups is 2. The highest BCUT2D eigenvalue weighted by Gasteiger charge is 2.29. The van der Waals surface area contributed by atoms with E-state index in [1.807, 2.05) is 6.92 Å². The summed E-state index contributed by atoms with van der Waals surface area (Å²) in [5.74, 6) is -2.22. The molecule has 2 aromatic rings. The lowest BCUT2D eigenvalue weighted by Crippen LogP contribution is -2.44. The first-order valence-electron chi connectivity index (χ1n) is 9.97. The van der Waals surface area contributed by atoms with Gasteiger partial charge in [-0.1, -0.05) is 24.9 Å². The van der Waals surface area contributed by atoms with E-state index in [0.717, 1.165) is 12.8 Å². The first kappa shape index (κ1) is 23.3. The fraction of sp³-hybridized carbons (Fsp3) is 0.450. The number of hydrogen-bond acceptors (Lipinski definition) is 4. The molecule has 0 aliphatic carbocycles. The molecule has 2 amide bonds. The fourth-order valence-corrected chi connectivity index (χ4v) is 4.91. The van der Waals surface area contributed by atoms with Gasteiger partial charge in [0.15, 0.2) is 17.5 Å². The van der Waals surface area contributed by atoms with Gasteiger partial charge < -0.3 is 10.2 Å². The molecule has 1 aliphatic heterocycles. The molecule has 168 valence electrons. The topological polar surface area (TPSA) is 95.2 Å². The van der Waals surface area contributed by atoms with Gasteiger partial charge >= 0.3 is 0 Å². The van der Waals surface area contributed by atoms with E-state index in [1.165, 1.54) is 6.07 Å². The highest BCUT2D eigenvalue weighted by Crippen LogP contribution is 2.22. The number of amides is 2. The van der Waals surface area contributed by atoms with Crippen LogP contribution >= 0.6 is 11.6 Å². The van der Waals surface area contributed by atoms with Gasteiger partial charge in [-0.2, -0.15) is 5.10 Å². The molecule has 2 N–H and O–H groups in total. The van der Waals surface area contributed by atoms with Crippen molar-refractivity contribution in [2.45, 2.75) is 38.6 Å². The third-order valence-electron chi connectivity index (χ3n) is 5.12. The van der Waals surface area contributed by atoms with Crippen LogP contribution in [0.25, 0.3) is 0 Å². The molecule has 1 saturated heterocycles. The van der Waals surface area contributed by atoms with Crippen LogP contribution in [0, 0.1) is 11.6 Å². The Morgan fingerprint density at radius 2 is 1.94 bits per heavy atom. The molecular formula is C20H23ClF2N4O3S. The minimum atomic E-state index is -1.20. The van der Waals surface area contributed by atoms with E-state index < -0.39 is 28.3 Å². The number of aromatic nitrogens is 2. The number of carbonyl (C=O) groups excluding carboxylic acids is 2. The summed E-state index contributed by atoms with van der Waals surface area (Å²) in [4.78, 5) is 27.2. The molecule has 2 heterocycles. The molecule has 0 unspecified atom stereocenters. The number of halogens is 3. The Morgan fingerprint density at radius 1 is 1.26 bits per heavy atom. The van der Waals surface area contributed by atoms with Crippen LogP contribution in [-0.2, 0) is 10.8 Å². The van der Waals surface area contributed by atoms with Crippen LogP contribution in [-0.4, -0.2) is 55.2 Å². The number of unbranched alkanes of at least 4 members (excludes halogenated alkanes) is 1. The van der Waals surface area contributed by atoms with Crippen LogP contribution in [0.3, 0.4) is 0 Å². The molecule has 0 atom stereocenters. The number of nitrogens with one attached hydrogen (secondary N) is 2. The second kappa shape index (κ2) is 10.3. The van der Waals surface area contributed by atoms with Crippen molar-refractivity contribution in [1.82, 2.24) is 15.1 Å². The molecule has 3 rings (SSSR count). The van der Waals surface area contributed by atoms with Crippen LogP contribution < -0.4 is 5.32 Å². The van der Waals surface area contributed by atoms with E-state index in [4.69, 9.17) is 11.6 Å². The van der Waals surface area contributed by atoms with Crippen molar-refractivity contribution >= 4 is 40.0 Å². The molecule has 1 fully saturated rings. The largest absolute Gasteiger partial charge is 0.334 e. The van der Waals surface area contributed by atoms with Gasteiger partial charge in [0.1, 0.15) is 5.69 Å². The van der Waals surface area contributed by atoms with Crippen LogP contribution in [0.2, 0.25) is 5.02 Å². The predicted molar refractivity (Wildman–Crippen MR) is 115 cm³/mol. The van der Waals surface area contributed by atoms with Crippen molar-refractivity contribution in [3.8, 4) is 0 Å². The lowest BCUT2D eigenvalue weighted by molar-refractivity contribution is 0.0657. The molecule has 0 bridgehead atoms. The third-order valence-corrected chi connectivity index (χ3v) is 6.81. The number of anilines is 1. The van der Waals surface area contributed by atoms with Crippen molar-refractivity contribution in [3.63, 3.8) is 0 Å². The molecule has 1 aromatic carbocycles. The summed E-state index contributed by atoms with van der Waals surface area (Å²) in [6.07, 6.45) is 3.10. The zero-order chi connectivity index (χ0) is 22.5. The summed E-state index contributed by atoms with van der Waals surface area (Å²) in [6.45, 7) is 2.60. The maximum atomic E-state index is 13.5. The average molecular weight is 473 g/mol. The van der Waals surface area contributed by atoms with Crippen molar-refractivity contribution in [2.75, 3.05) is 23.4 Å². The maximum absolute atomic E-state index is 13.5. The summed E-state index contributed by atoms with van der Waals surface area (Å²) >= 11 is 5.83. The zero-order valence-corrected chi connectivity index (χ0v) is 18.5. The van der Waals surface area contributed by atoms with Gasteiger partial charge in [0.2, 0.25) is 0 Å². The molecule has 0 saturated carbocycles. The highest BCUT2D eigenvalue weighted by atomic mass is 35.5. The molecule has 31 heavy (non-hydrogen) atoms. The van der Waals surface area contributed by atoms with Crippen LogP contribution in [0.1, 0.15) is 53.5 Å². The van der Waals surface area contributed by atoms with Crippen LogP contribution in [0.15, 0.2) is 18.2 Å². The van der Waals surface area contributed by atoms with Crippen molar-refractivity contribution in [3.05, 3.63) is 46.1 Å². The monoisotopic (exact) mass is 472 g/mol. The third kappa shape index (κ3) is 5.68. The van der Waals surface area contributed by atoms with Crippen molar-refractivity contribution in [1.29, 1.82) is 0 Å². The minimum Gasteiger partial charge on any atom is -0.334 e. The number of H-pyrrole nitrogens is 1. The summed E-state index contributed by atoms with van der Waals surface area (Å²) in [5, 5.41) is 8.72. The molecule has 1 aromatic heterocycles. The highest BCUT2D eigenvalue weighted by molar-refractivity contribution is 7.85. The number of hydrogen-bond donors (Lipinski definition) is 2. The Bertz CT molecular complexity index is 991. The second-order valence-electron chi connectivity index (χ2n) is 7.30. The standard InChI is InChI=1S/C20H23ClF2N4O3S/c1-2-3-6-27(12-4-7-31(30)8-5-12)20(29)17-11-18(26-25-17)24-19(28)13-9-15(22)16(23)10-14(13)21/h9-12H,2-8H2,1H3,(H2,24,25,26,28). The summed E-state index contributed by atoms with van der Waals surface area (Å²) in [5.41, 5.74) is -0.0642. The Balaban J connectivity index is 1.73. The Morgan fingerprint density at radius 3 is 2.61 bits per heavy atom. The van der Waals surface area contributed by atoms with E-state index >= 15 is 0 Å². The smallest absolute Gasteiger partial charge is 0.272 e. The van der Waals surface area contributed by atoms with Gasteiger partial charge in [0.05, 0.1) is 10.6 Å². The maximum Gasteiger partial charge on any atom is 0.272 e. The number of aromatic amines is 1. The van der Waals surface area contributed by atoms with Crippen LogP contribution in [0.4, 0.5) is 14.6 Å². The lowest BCUT2D eigenvalue weighted by Gasteiger charge is -2.33.